The molecule has 0 unspecified atom stereocenters. The monoisotopic (exact) mass is 352 g/mol. The Labute approximate surface area is 140 Å². The highest BCUT2D eigenvalue weighted by Gasteiger charge is 2.10. The summed E-state index contributed by atoms with van der Waals surface area (Å²) in [5.41, 5.74) is 1.73. The number of hydrogen-bond donors (Lipinski definition) is 2. The first kappa shape index (κ1) is 17.3. The second-order valence-electron chi connectivity index (χ2n) is 5.10. The number of halogens is 1. The lowest BCUT2D eigenvalue weighted by Crippen LogP contribution is -2.16. The van der Waals surface area contributed by atoms with Gasteiger partial charge in [-0.15, -0.1) is 0 Å². The molecule has 0 aromatic heterocycles. The third kappa shape index (κ3) is 5.92. The molecule has 0 spiro atoms. The van der Waals surface area contributed by atoms with Crippen molar-refractivity contribution < 1.29 is 13.2 Å². The Hall–Kier alpha value is -2.05. The van der Waals surface area contributed by atoms with Crippen LogP contribution in [0.15, 0.2) is 48.5 Å². The van der Waals surface area contributed by atoms with E-state index >= 15 is 0 Å². The summed E-state index contributed by atoms with van der Waals surface area (Å²) in [5.74, 6) is -0.201. The zero-order valence-electron chi connectivity index (χ0n) is 12.5. The Morgan fingerprint density at radius 2 is 1.78 bits per heavy atom. The number of sulfonamides is 1. The summed E-state index contributed by atoms with van der Waals surface area (Å²) in [6, 6.07) is 14.0. The maximum Gasteiger partial charge on any atom is 0.229 e. The van der Waals surface area contributed by atoms with E-state index in [4.69, 9.17) is 11.6 Å². The van der Waals surface area contributed by atoms with Crippen molar-refractivity contribution in [1.82, 2.24) is 0 Å². The van der Waals surface area contributed by atoms with Crippen LogP contribution >= 0.6 is 11.6 Å². The minimum absolute atomic E-state index is 0.201. The van der Waals surface area contributed by atoms with E-state index in [0.717, 1.165) is 11.8 Å². The highest BCUT2D eigenvalue weighted by molar-refractivity contribution is 7.92. The normalized spacial score (nSPS) is 11.0. The predicted octanol–water partition coefficient (Wildman–Crippen LogP) is 3.28. The van der Waals surface area contributed by atoms with Gasteiger partial charge < -0.3 is 5.32 Å². The van der Waals surface area contributed by atoms with Gasteiger partial charge in [-0.05, 0) is 36.2 Å². The fraction of sp³-hybridized carbons (Fsp3) is 0.188. The SMILES string of the molecule is CS(=O)(=O)Nc1ccccc1NC(=O)CCc1cccc(Cl)c1. The van der Waals surface area contributed by atoms with Crippen LogP contribution in [0.25, 0.3) is 0 Å². The van der Waals surface area contributed by atoms with Gasteiger partial charge in [0.25, 0.3) is 0 Å². The molecule has 0 fully saturated rings. The average Bonchev–Trinajstić information content (AvgIpc) is 2.46. The van der Waals surface area contributed by atoms with Gasteiger partial charge in [0.1, 0.15) is 0 Å². The number of amides is 1. The smallest absolute Gasteiger partial charge is 0.229 e. The van der Waals surface area contributed by atoms with E-state index in [1.54, 1.807) is 30.3 Å². The molecule has 7 heteroatoms. The number of carbonyl (C=O) groups is 1. The summed E-state index contributed by atoms with van der Waals surface area (Å²) >= 11 is 5.91. The van der Waals surface area contributed by atoms with E-state index in [0.29, 0.717) is 22.8 Å². The van der Waals surface area contributed by atoms with Crippen LogP contribution in [0.4, 0.5) is 11.4 Å². The maximum absolute atomic E-state index is 12.1. The summed E-state index contributed by atoms with van der Waals surface area (Å²) in [6.07, 6.45) is 1.88. The van der Waals surface area contributed by atoms with Crippen molar-refractivity contribution in [2.24, 2.45) is 0 Å². The Morgan fingerprint density at radius 1 is 1.09 bits per heavy atom. The molecule has 0 heterocycles. The molecule has 0 bridgehead atoms. The number of carbonyl (C=O) groups excluding carboxylic acids is 1. The topological polar surface area (TPSA) is 75.3 Å². The molecule has 0 saturated heterocycles. The highest BCUT2D eigenvalue weighted by Crippen LogP contribution is 2.22. The first-order valence-electron chi connectivity index (χ1n) is 6.94. The van der Waals surface area contributed by atoms with E-state index in [-0.39, 0.29) is 12.3 Å². The first-order valence-corrected chi connectivity index (χ1v) is 9.21. The minimum Gasteiger partial charge on any atom is -0.324 e. The van der Waals surface area contributed by atoms with Crippen LogP contribution in [0.3, 0.4) is 0 Å². The number of para-hydroxylation sites is 2. The number of anilines is 2. The molecule has 0 saturated carbocycles. The van der Waals surface area contributed by atoms with Gasteiger partial charge in [0.15, 0.2) is 0 Å². The Kier molecular flexibility index (Phi) is 5.63. The van der Waals surface area contributed by atoms with E-state index < -0.39 is 10.0 Å². The lowest BCUT2D eigenvalue weighted by molar-refractivity contribution is -0.116. The minimum atomic E-state index is -3.41. The van der Waals surface area contributed by atoms with Crippen LogP contribution in [0.5, 0.6) is 0 Å². The second kappa shape index (κ2) is 7.48. The van der Waals surface area contributed by atoms with E-state index in [1.807, 2.05) is 18.2 Å². The van der Waals surface area contributed by atoms with Crippen molar-refractivity contribution in [1.29, 1.82) is 0 Å². The molecule has 0 aliphatic heterocycles. The van der Waals surface area contributed by atoms with Gasteiger partial charge in [-0.2, -0.15) is 0 Å². The average molecular weight is 353 g/mol. The molecule has 2 aromatic carbocycles. The van der Waals surface area contributed by atoms with Crippen LogP contribution in [0, 0.1) is 0 Å². The third-order valence-corrected chi connectivity index (χ3v) is 3.85. The molecular formula is C16H17ClN2O3S. The molecule has 5 nitrogen and oxygen atoms in total. The number of benzene rings is 2. The molecule has 0 aliphatic rings. The van der Waals surface area contributed by atoms with Crippen molar-refractivity contribution in [2.75, 3.05) is 16.3 Å². The Morgan fingerprint density at radius 3 is 2.43 bits per heavy atom. The molecule has 122 valence electrons. The van der Waals surface area contributed by atoms with Gasteiger partial charge >= 0.3 is 0 Å². The van der Waals surface area contributed by atoms with Crippen LogP contribution in [0.1, 0.15) is 12.0 Å². The summed E-state index contributed by atoms with van der Waals surface area (Å²) < 4.78 is 25.1. The lowest BCUT2D eigenvalue weighted by atomic mass is 10.1. The Balaban J connectivity index is 2.00. The number of aryl methyl sites for hydroxylation is 1. The zero-order valence-corrected chi connectivity index (χ0v) is 14.1. The number of nitrogens with one attached hydrogen (secondary N) is 2. The molecule has 0 atom stereocenters. The number of rotatable bonds is 6. The standard InChI is InChI=1S/C16H17ClN2O3S/c1-23(21,22)19-15-8-3-2-7-14(15)18-16(20)10-9-12-5-4-6-13(17)11-12/h2-8,11,19H,9-10H2,1H3,(H,18,20). The fourth-order valence-electron chi connectivity index (χ4n) is 2.04. The quantitative estimate of drug-likeness (QED) is 0.837. The predicted molar refractivity (Wildman–Crippen MR) is 93.3 cm³/mol. The van der Waals surface area contributed by atoms with Crippen LogP contribution < -0.4 is 10.0 Å². The van der Waals surface area contributed by atoms with Crippen molar-refractivity contribution in [3.8, 4) is 0 Å². The van der Waals surface area contributed by atoms with Crippen molar-refractivity contribution in [2.45, 2.75) is 12.8 Å². The second-order valence-corrected chi connectivity index (χ2v) is 7.28. The summed E-state index contributed by atoms with van der Waals surface area (Å²) in [7, 11) is -3.41. The van der Waals surface area contributed by atoms with Crippen molar-refractivity contribution in [3.63, 3.8) is 0 Å². The summed E-state index contributed by atoms with van der Waals surface area (Å²) in [5, 5.41) is 3.35. The van der Waals surface area contributed by atoms with Gasteiger partial charge in [-0.1, -0.05) is 35.9 Å². The van der Waals surface area contributed by atoms with Crippen LogP contribution in [0.2, 0.25) is 5.02 Å². The first-order chi connectivity index (χ1) is 10.8. The molecule has 2 rings (SSSR count). The van der Waals surface area contributed by atoms with Gasteiger partial charge in [-0.25, -0.2) is 8.42 Å². The van der Waals surface area contributed by atoms with Gasteiger partial charge in [-0.3, -0.25) is 9.52 Å². The molecule has 23 heavy (non-hydrogen) atoms. The van der Waals surface area contributed by atoms with E-state index in [2.05, 4.69) is 10.0 Å². The highest BCUT2D eigenvalue weighted by atomic mass is 35.5. The maximum atomic E-state index is 12.1. The van der Waals surface area contributed by atoms with Gasteiger partial charge in [0.05, 0.1) is 17.6 Å². The van der Waals surface area contributed by atoms with Crippen LogP contribution in [-0.4, -0.2) is 20.6 Å². The largest absolute Gasteiger partial charge is 0.324 e. The molecule has 2 aromatic rings. The summed E-state index contributed by atoms with van der Waals surface area (Å²) in [6.45, 7) is 0. The Bertz CT molecular complexity index is 806. The molecule has 0 radical (unpaired) electrons. The van der Waals surface area contributed by atoms with Gasteiger partial charge in [0.2, 0.25) is 15.9 Å². The third-order valence-electron chi connectivity index (χ3n) is 3.03. The molecule has 2 N–H and O–H groups in total. The van der Waals surface area contributed by atoms with E-state index in [1.165, 1.54) is 0 Å². The zero-order chi connectivity index (χ0) is 16.9. The van der Waals surface area contributed by atoms with Crippen molar-refractivity contribution in [3.05, 3.63) is 59.1 Å². The fourth-order valence-corrected chi connectivity index (χ4v) is 2.83. The van der Waals surface area contributed by atoms with E-state index in [9.17, 15) is 13.2 Å². The molecule has 1 amide bonds. The summed E-state index contributed by atoms with van der Waals surface area (Å²) in [4.78, 5) is 12.1. The van der Waals surface area contributed by atoms with Crippen LogP contribution in [-0.2, 0) is 21.2 Å². The lowest BCUT2D eigenvalue weighted by Gasteiger charge is -2.11. The van der Waals surface area contributed by atoms with Gasteiger partial charge in [0, 0.05) is 11.4 Å². The molecular weight excluding hydrogens is 336 g/mol. The number of hydrogen-bond acceptors (Lipinski definition) is 3. The van der Waals surface area contributed by atoms with Crippen molar-refractivity contribution >= 4 is 38.9 Å². The molecule has 0 aliphatic carbocycles.